The monoisotopic (exact) mass is 266 g/mol. The summed E-state index contributed by atoms with van der Waals surface area (Å²) in [6.07, 6.45) is 0.0544. The molecule has 0 radical (unpaired) electrons. The van der Waals surface area contributed by atoms with Crippen LogP contribution in [0.25, 0.3) is 0 Å². The predicted molar refractivity (Wildman–Crippen MR) is 65.9 cm³/mol. The van der Waals surface area contributed by atoms with Crippen molar-refractivity contribution in [3.05, 3.63) is 35.6 Å². The lowest BCUT2D eigenvalue weighted by atomic mass is 10.2. The number of hydrogen-bond acceptors (Lipinski definition) is 3. The molecule has 5 nitrogen and oxygen atoms in total. The van der Waals surface area contributed by atoms with Gasteiger partial charge < -0.3 is 15.3 Å². The van der Waals surface area contributed by atoms with Crippen molar-refractivity contribution in [2.45, 2.75) is 12.5 Å². The number of aliphatic hydroxyl groups is 1. The molecule has 1 fully saturated rings. The zero-order valence-corrected chi connectivity index (χ0v) is 10.3. The number of rotatable bonds is 3. The van der Waals surface area contributed by atoms with Gasteiger partial charge in [-0.3, -0.25) is 9.59 Å². The average Bonchev–Trinajstić information content (AvgIpc) is 2.83. The lowest BCUT2D eigenvalue weighted by molar-refractivity contribution is -0.129. The normalized spacial score (nSPS) is 18.4. The Bertz CT molecular complexity index is 493. The van der Waals surface area contributed by atoms with Crippen LogP contribution in [0, 0.1) is 5.82 Å². The maximum Gasteiger partial charge on any atom is 0.254 e. The topological polar surface area (TPSA) is 69.6 Å². The van der Waals surface area contributed by atoms with Crippen LogP contribution in [0.5, 0.6) is 0 Å². The van der Waals surface area contributed by atoms with Crippen molar-refractivity contribution in [2.75, 3.05) is 19.6 Å². The van der Waals surface area contributed by atoms with Crippen molar-refractivity contribution >= 4 is 11.8 Å². The van der Waals surface area contributed by atoms with Crippen LogP contribution in [-0.4, -0.2) is 47.6 Å². The Labute approximate surface area is 110 Å². The van der Waals surface area contributed by atoms with Crippen LogP contribution in [0.2, 0.25) is 0 Å². The summed E-state index contributed by atoms with van der Waals surface area (Å²) in [5.41, 5.74) is -0.0863. The Morgan fingerprint density at radius 2 is 2.16 bits per heavy atom. The van der Waals surface area contributed by atoms with Gasteiger partial charge in [-0.25, -0.2) is 4.39 Å². The van der Waals surface area contributed by atoms with E-state index in [9.17, 15) is 19.1 Å². The highest BCUT2D eigenvalue weighted by Gasteiger charge is 2.24. The van der Waals surface area contributed by atoms with E-state index in [0.29, 0.717) is 13.0 Å². The molecule has 0 aromatic heterocycles. The Morgan fingerprint density at radius 1 is 1.42 bits per heavy atom. The number of likely N-dealkylation sites (tertiary alicyclic amines) is 1. The minimum Gasteiger partial charge on any atom is -0.391 e. The quantitative estimate of drug-likeness (QED) is 0.818. The molecule has 0 saturated carbocycles. The first-order chi connectivity index (χ1) is 9.08. The molecule has 1 atom stereocenters. The molecule has 2 amide bonds. The molecular formula is C13H15FN2O3. The zero-order chi connectivity index (χ0) is 13.8. The fraction of sp³-hybridized carbons (Fsp3) is 0.385. The highest BCUT2D eigenvalue weighted by molar-refractivity contribution is 5.96. The van der Waals surface area contributed by atoms with E-state index >= 15 is 0 Å². The van der Waals surface area contributed by atoms with Gasteiger partial charge >= 0.3 is 0 Å². The second kappa shape index (κ2) is 5.79. The van der Waals surface area contributed by atoms with Crippen molar-refractivity contribution in [1.29, 1.82) is 0 Å². The van der Waals surface area contributed by atoms with Gasteiger partial charge in [0.2, 0.25) is 5.91 Å². The highest BCUT2D eigenvalue weighted by Crippen LogP contribution is 2.09. The highest BCUT2D eigenvalue weighted by atomic mass is 19.1. The van der Waals surface area contributed by atoms with Crippen LogP contribution in [0.3, 0.4) is 0 Å². The van der Waals surface area contributed by atoms with Crippen molar-refractivity contribution < 1.29 is 19.1 Å². The number of amides is 2. The molecule has 2 N–H and O–H groups in total. The van der Waals surface area contributed by atoms with E-state index < -0.39 is 17.8 Å². The van der Waals surface area contributed by atoms with Crippen molar-refractivity contribution in [2.24, 2.45) is 0 Å². The van der Waals surface area contributed by atoms with E-state index in [1.54, 1.807) is 6.07 Å². The summed E-state index contributed by atoms with van der Waals surface area (Å²) in [6, 6.07) is 5.59. The number of aliphatic hydroxyl groups excluding tert-OH is 1. The number of benzene rings is 1. The zero-order valence-electron chi connectivity index (χ0n) is 10.3. The number of nitrogens with one attached hydrogen (secondary N) is 1. The van der Waals surface area contributed by atoms with E-state index in [2.05, 4.69) is 5.32 Å². The number of nitrogens with zero attached hydrogens (tertiary/aromatic N) is 1. The summed E-state index contributed by atoms with van der Waals surface area (Å²) >= 11 is 0. The first-order valence-electron chi connectivity index (χ1n) is 6.06. The molecule has 1 unspecified atom stereocenters. The second-order valence-electron chi connectivity index (χ2n) is 4.44. The van der Waals surface area contributed by atoms with Gasteiger partial charge in [-0.2, -0.15) is 0 Å². The summed E-state index contributed by atoms with van der Waals surface area (Å²) < 4.78 is 13.3. The van der Waals surface area contributed by atoms with Gasteiger partial charge in [0.05, 0.1) is 18.2 Å². The Morgan fingerprint density at radius 3 is 2.79 bits per heavy atom. The molecule has 1 aromatic carbocycles. The third-order valence-electron chi connectivity index (χ3n) is 3.03. The minimum absolute atomic E-state index is 0.0863. The van der Waals surface area contributed by atoms with Crippen LogP contribution in [0.15, 0.2) is 24.3 Å². The Kier molecular flexibility index (Phi) is 4.11. The maximum absolute atomic E-state index is 13.3. The van der Waals surface area contributed by atoms with Crippen LogP contribution < -0.4 is 5.32 Å². The molecule has 102 valence electrons. The molecule has 19 heavy (non-hydrogen) atoms. The molecule has 0 aliphatic carbocycles. The third kappa shape index (κ3) is 3.29. The first kappa shape index (κ1) is 13.5. The predicted octanol–water partition coefficient (Wildman–Crippen LogP) is 0.149. The molecule has 0 bridgehead atoms. The summed E-state index contributed by atoms with van der Waals surface area (Å²) in [6.45, 7) is 0.573. The molecule has 1 aliphatic rings. The summed E-state index contributed by atoms with van der Waals surface area (Å²) in [7, 11) is 0. The molecule has 6 heteroatoms. The van der Waals surface area contributed by atoms with Crippen LogP contribution >= 0.6 is 0 Å². The Hall–Kier alpha value is -1.95. The number of carbonyl (C=O) groups excluding carboxylic acids is 2. The van der Waals surface area contributed by atoms with Gasteiger partial charge in [0, 0.05) is 13.1 Å². The van der Waals surface area contributed by atoms with E-state index in [-0.39, 0.29) is 24.6 Å². The van der Waals surface area contributed by atoms with Crippen molar-refractivity contribution in [3.63, 3.8) is 0 Å². The molecule has 0 spiro atoms. The molecule has 1 aliphatic heterocycles. The van der Waals surface area contributed by atoms with Gasteiger partial charge in [-0.15, -0.1) is 0 Å². The van der Waals surface area contributed by atoms with E-state index in [1.165, 1.54) is 23.1 Å². The second-order valence-corrected chi connectivity index (χ2v) is 4.44. The molecule has 1 saturated heterocycles. The van der Waals surface area contributed by atoms with Gasteiger partial charge in [0.25, 0.3) is 5.91 Å². The van der Waals surface area contributed by atoms with Crippen molar-refractivity contribution in [3.8, 4) is 0 Å². The number of halogens is 1. The van der Waals surface area contributed by atoms with Gasteiger partial charge in [-0.05, 0) is 18.6 Å². The van der Waals surface area contributed by atoms with E-state index in [1.807, 2.05) is 0 Å². The largest absolute Gasteiger partial charge is 0.391 e. The first-order valence-corrected chi connectivity index (χ1v) is 6.06. The lowest BCUT2D eigenvalue weighted by Crippen LogP contribution is -2.39. The van der Waals surface area contributed by atoms with Crippen LogP contribution in [-0.2, 0) is 4.79 Å². The van der Waals surface area contributed by atoms with E-state index in [0.717, 1.165) is 0 Å². The molecule has 1 aromatic rings. The van der Waals surface area contributed by atoms with Crippen molar-refractivity contribution in [1.82, 2.24) is 10.2 Å². The lowest BCUT2D eigenvalue weighted by Gasteiger charge is -2.15. The number of carbonyl (C=O) groups is 2. The fourth-order valence-corrected chi connectivity index (χ4v) is 1.98. The van der Waals surface area contributed by atoms with Gasteiger partial charge in [0.1, 0.15) is 5.82 Å². The summed E-state index contributed by atoms with van der Waals surface area (Å²) in [5.74, 6) is -1.52. The standard InChI is InChI=1S/C13H15FN2O3/c14-11-4-2-1-3-10(11)13(19)15-7-12(18)16-6-5-9(17)8-16/h1-4,9,17H,5-8H2,(H,15,19). The summed E-state index contributed by atoms with van der Waals surface area (Å²) in [5, 5.41) is 11.7. The molecule has 2 rings (SSSR count). The Balaban J connectivity index is 1.87. The summed E-state index contributed by atoms with van der Waals surface area (Å²) in [4.78, 5) is 24.9. The fourth-order valence-electron chi connectivity index (χ4n) is 1.98. The smallest absolute Gasteiger partial charge is 0.254 e. The number of hydrogen-bond donors (Lipinski definition) is 2. The molecular weight excluding hydrogens is 251 g/mol. The SMILES string of the molecule is O=C(NCC(=O)N1CCC(O)C1)c1ccccc1F. The van der Waals surface area contributed by atoms with Gasteiger partial charge in [0.15, 0.2) is 0 Å². The van der Waals surface area contributed by atoms with Gasteiger partial charge in [-0.1, -0.05) is 12.1 Å². The van der Waals surface area contributed by atoms with Crippen LogP contribution in [0.4, 0.5) is 4.39 Å². The maximum atomic E-state index is 13.3. The third-order valence-corrected chi connectivity index (χ3v) is 3.03. The van der Waals surface area contributed by atoms with Crippen LogP contribution in [0.1, 0.15) is 16.8 Å². The molecule has 1 heterocycles. The minimum atomic E-state index is -0.621. The van der Waals surface area contributed by atoms with E-state index in [4.69, 9.17) is 0 Å². The average molecular weight is 266 g/mol. The number of β-amino-alcohol motifs (C(OH)–C–C–N with tert-alkyl or cyclic N) is 1.